The van der Waals surface area contributed by atoms with Crippen molar-refractivity contribution in [1.82, 2.24) is 5.32 Å². The molecule has 3 aliphatic carbocycles. The van der Waals surface area contributed by atoms with Gasteiger partial charge in [-0.15, -0.1) is 0 Å². The molecule has 1 aromatic carbocycles. The molecular weight excluding hydrogens is 353 g/mol. The summed E-state index contributed by atoms with van der Waals surface area (Å²) in [4.78, 5) is 23.7. The third-order valence-corrected chi connectivity index (χ3v) is 5.73. The molecule has 6 nitrogen and oxygen atoms in total. The topological polar surface area (TPSA) is 95.9 Å². The number of hydrogen-bond donors (Lipinski definition) is 3. The van der Waals surface area contributed by atoms with Crippen LogP contribution in [0, 0.1) is 11.2 Å². The Morgan fingerprint density at radius 1 is 1.32 bits per heavy atom. The lowest BCUT2D eigenvalue weighted by Gasteiger charge is -2.54. The van der Waals surface area contributed by atoms with Gasteiger partial charge in [-0.2, -0.15) is 0 Å². The minimum absolute atomic E-state index is 0.0369. The zero-order chi connectivity index (χ0) is 18.2. The van der Waals surface area contributed by atoms with E-state index in [0.717, 1.165) is 6.07 Å². The molecule has 8 heteroatoms. The lowest BCUT2D eigenvalue weighted by atomic mass is 9.56. The second kappa shape index (κ2) is 6.46. The van der Waals surface area contributed by atoms with E-state index >= 15 is 0 Å². The van der Waals surface area contributed by atoms with Crippen molar-refractivity contribution in [3.05, 3.63) is 29.0 Å². The normalized spacial score (nSPS) is 30.8. The molecule has 0 unspecified atom stereocenters. The van der Waals surface area contributed by atoms with E-state index < -0.39 is 34.8 Å². The molecule has 3 aliphatic rings. The number of aliphatic hydroxyl groups is 1. The average Bonchev–Trinajstić information content (AvgIpc) is 2.57. The van der Waals surface area contributed by atoms with Gasteiger partial charge in [-0.3, -0.25) is 9.59 Å². The number of benzene rings is 1. The Morgan fingerprint density at radius 2 is 2.00 bits per heavy atom. The number of carboxylic acids is 1. The summed E-state index contributed by atoms with van der Waals surface area (Å²) >= 11 is 5.58. The van der Waals surface area contributed by atoms with Crippen molar-refractivity contribution in [3.8, 4) is 5.75 Å². The first-order valence-corrected chi connectivity index (χ1v) is 8.45. The highest BCUT2D eigenvalue weighted by Crippen LogP contribution is 2.52. The van der Waals surface area contributed by atoms with Crippen LogP contribution in [-0.2, 0) is 9.59 Å². The lowest BCUT2D eigenvalue weighted by molar-refractivity contribution is -0.166. The summed E-state index contributed by atoms with van der Waals surface area (Å²) in [5.74, 6) is -1.80. The predicted molar refractivity (Wildman–Crippen MR) is 86.9 cm³/mol. The van der Waals surface area contributed by atoms with Crippen LogP contribution in [0.1, 0.15) is 32.1 Å². The van der Waals surface area contributed by atoms with Crippen molar-refractivity contribution in [2.45, 2.75) is 43.7 Å². The van der Waals surface area contributed by atoms with Crippen LogP contribution in [0.3, 0.4) is 0 Å². The molecule has 0 saturated heterocycles. The van der Waals surface area contributed by atoms with Gasteiger partial charge in [0.1, 0.15) is 11.6 Å². The monoisotopic (exact) mass is 371 g/mol. The quantitative estimate of drug-likeness (QED) is 0.736. The Hall–Kier alpha value is -1.86. The van der Waals surface area contributed by atoms with Crippen molar-refractivity contribution in [2.75, 3.05) is 6.61 Å². The molecule has 3 saturated carbocycles. The third kappa shape index (κ3) is 3.30. The summed E-state index contributed by atoms with van der Waals surface area (Å²) in [6, 6.07) is 3.87. The second-order valence-electron chi connectivity index (χ2n) is 6.87. The van der Waals surface area contributed by atoms with Crippen molar-refractivity contribution >= 4 is 23.5 Å². The highest BCUT2D eigenvalue weighted by atomic mass is 35.5. The molecule has 1 atom stereocenters. The minimum atomic E-state index is -0.914. The fourth-order valence-electron chi connectivity index (χ4n) is 3.82. The number of ether oxygens (including phenoxy) is 1. The van der Waals surface area contributed by atoms with Crippen molar-refractivity contribution in [3.63, 3.8) is 0 Å². The molecule has 1 amide bonds. The third-order valence-electron chi connectivity index (χ3n) is 5.42. The molecule has 3 N–H and O–H groups in total. The first-order chi connectivity index (χ1) is 11.8. The molecule has 0 aliphatic heterocycles. The zero-order valence-corrected chi connectivity index (χ0v) is 14.2. The Bertz CT molecular complexity index is 702. The van der Waals surface area contributed by atoms with Crippen LogP contribution in [0.4, 0.5) is 4.39 Å². The first-order valence-electron chi connectivity index (χ1n) is 8.07. The maximum absolute atomic E-state index is 13.4. The number of nitrogens with one attached hydrogen (secondary N) is 1. The summed E-state index contributed by atoms with van der Waals surface area (Å²) in [5.41, 5.74) is -1.70. The van der Waals surface area contributed by atoms with Crippen molar-refractivity contribution in [2.24, 2.45) is 5.41 Å². The molecule has 25 heavy (non-hydrogen) atoms. The van der Waals surface area contributed by atoms with E-state index in [9.17, 15) is 24.2 Å². The van der Waals surface area contributed by atoms with Crippen molar-refractivity contribution < 1.29 is 28.9 Å². The van der Waals surface area contributed by atoms with Crippen LogP contribution < -0.4 is 10.1 Å². The second-order valence-corrected chi connectivity index (χ2v) is 7.28. The summed E-state index contributed by atoms with van der Waals surface area (Å²) in [6.45, 7) is -0.334. The highest BCUT2D eigenvalue weighted by Gasteiger charge is 2.58. The van der Waals surface area contributed by atoms with E-state index in [-0.39, 0.29) is 23.8 Å². The number of rotatable bonds is 5. The van der Waals surface area contributed by atoms with E-state index in [1.54, 1.807) is 0 Å². The Balaban J connectivity index is 1.60. The van der Waals surface area contributed by atoms with Gasteiger partial charge in [-0.1, -0.05) is 11.6 Å². The van der Waals surface area contributed by atoms with E-state index in [4.69, 9.17) is 16.3 Å². The van der Waals surface area contributed by atoms with E-state index in [1.807, 2.05) is 0 Å². The Morgan fingerprint density at radius 3 is 2.56 bits per heavy atom. The Labute approximate surface area is 148 Å². The maximum atomic E-state index is 13.4. The minimum Gasteiger partial charge on any atom is -0.484 e. The number of aliphatic carboxylic acids is 1. The number of aliphatic hydroxyl groups excluding tert-OH is 1. The summed E-state index contributed by atoms with van der Waals surface area (Å²) in [7, 11) is 0. The van der Waals surface area contributed by atoms with Gasteiger partial charge in [0.2, 0.25) is 0 Å². The van der Waals surface area contributed by atoms with Crippen LogP contribution in [0.2, 0.25) is 5.02 Å². The van der Waals surface area contributed by atoms with Crippen LogP contribution in [-0.4, -0.2) is 40.3 Å². The number of carbonyl (C=O) groups is 2. The average molecular weight is 372 g/mol. The largest absolute Gasteiger partial charge is 0.484 e. The molecule has 0 spiro atoms. The molecule has 1 aromatic rings. The number of amides is 1. The van der Waals surface area contributed by atoms with Gasteiger partial charge in [0, 0.05) is 6.07 Å². The SMILES string of the molecule is O=C(COc1ccc(Cl)c(F)c1)NC12CCC(C(=O)O)(CC1)C[C@@H]2O. The van der Waals surface area contributed by atoms with Crippen LogP contribution in [0.25, 0.3) is 0 Å². The molecule has 136 valence electrons. The van der Waals surface area contributed by atoms with Gasteiger partial charge in [0.25, 0.3) is 5.91 Å². The van der Waals surface area contributed by atoms with Crippen LogP contribution in [0.15, 0.2) is 18.2 Å². The van der Waals surface area contributed by atoms with Crippen molar-refractivity contribution in [1.29, 1.82) is 0 Å². The van der Waals surface area contributed by atoms with E-state index in [1.165, 1.54) is 12.1 Å². The van der Waals surface area contributed by atoms with Crippen LogP contribution >= 0.6 is 11.6 Å². The summed E-state index contributed by atoms with van der Waals surface area (Å²) in [5, 5.41) is 22.5. The fourth-order valence-corrected chi connectivity index (χ4v) is 3.93. The molecule has 2 bridgehead atoms. The summed E-state index contributed by atoms with van der Waals surface area (Å²) < 4.78 is 18.6. The van der Waals surface area contributed by atoms with Gasteiger partial charge in [-0.05, 0) is 44.2 Å². The van der Waals surface area contributed by atoms with Gasteiger partial charge in [0.15, 0.2) is 6.61 Å². The molecule has 3 fully saturated rings. The number of carbonyl (C=O) groups excluding carboxylic acids is 1. The van der Waals surface area contributed by atoms with Gasteiger partial charge >= 0.3 is 5.97 Å². The first kappa shape index (κ1) is 17.9. The fraction of sp³-hybridized carbons (Fsp3) is 0.529. The predicted octanol–water partition coefficient (Wildman–Crippen LogP) is 2.12. The summed E-state index contributed by atoms with van der Waals surface area (Å²) in [6.07, 6.45) is 0.865. The van der Waals surface area contributed by atoms with Gasteiger partial charge in [0.05, 0.1) is 22.1 Å². The van der Waals surface area contributed by atoms with Crippen LogP contribution in [0.5, 0.6) is 5.75 Å². The molecule has 0 heterocycles. The van der Waals surface area contributed by atoms with E-state index in [2.05, 4.69) is 5.32 Å². The van der Waals surface area contributed by atoms with E-state index in [0.29, 0.717) is 25.7 Å². The molecule has 0 radical (unpaired) electrons. The Kier molecular flexibility index (Phi) is 4.64. The number of fused-ring (bicyclic) bond motifs is 3. The number of halogens is 2. The standard InChI is InChI=1S/C17H19ClFNO5/c18-11-2-1-10(7-12(11)19)25-9-14(22)20-17-5-3-16(4-6-17,15(23)24)8-13(17)21/h1-2,7,13,21H,3-6,8-9H2,(H,20,22)(H,23,24)/t13-,16?,17?/m0/s1. The molecular formula is C17H19ClFNO5. The zero-order valence-electron chi connectivity index (χ0n) is 13.4. The molecule has 0 aromatic heterocycles. The van der Waals surface area contributed by atoms with Gasteiger partial charge in [-0.25, -0.2) is 4.39 Å². The maximum Gasteiger partial charge on any atom is 0.309 e. The number of hydrogen-bond acceptors (Lipinski definition) is 4. The van der Waals surface area contributed by atoms with Gasteiger partial charge < -0.3 is 20.3 Å². The number of carboxylic acid groups (broad SMARTS) is 1. The molecule has 4 rings (SSSR count). The highest BCUT2D eigenvalue weighted by molar-refractivity contribution is 6.30. The smallest absolute Gasteiger partial charge is 0.309 e. The lowest BCUT2D eigenvalue weighted by Crippen LogP contribution is -2.66.